The largest absolute Gasteiger partial charge is 2.00 e. The Labute approximate surface area is 476 Å². The maximum atomic E-state index is 12.4. The van der Waals surface area contributed by atoms with Gasteiger partial charge in [-0.05, 0) is 125 Å². The molecule has 0 bridgehead atoms. The van der Waals surface area contributed by atoms with Crippen molar-refractivity contribution in [3.05, 3.63) is 93.0 Å². The van der Waals surface area contributed by atoms with Crippen molar-refractivity contribution in [1.29, 1.82) is 0 Å². The molecule has 4 aromatic rings. The molecule has 0 amide bonds. The molecule has 0 aliphatic carbocycles. The first-order chi connectivity index (χ1) is 32.5. The molecule has 0 heterocycles. The van der Waals surface area contributed by atoms with E-state index in [9.17, 15) is 20.4 Å². The van der Waals surface area contributed by atoms with Crippen molar-refractivity contribution in [3.8, 4) is 46.0 Å². The molecular weight excluding hydrogens is 1190 g/mol. The van der Waals surface area contributed by atoms with Crippen LogP contribution in [0.3, 0.4) is 0 Å². The molecule has 0 unspecified atom stereocenters. The monoisotopic (exact) mass is 1260 g/mol. The molecule has 4 rings (SSSR count). The van der Waals surface area contributed by atoms with Crippen molar-refractivity contribution in [2.75, 3.05) is 97.0 Å². The topological polar surface area (TPSA) is 430 Å². The molecule has 0 fully saturated rings. The number of methoxy groups -OCH3 is 4. The Morgan fingerprint density at radius 3 is 0.613 bits per heavy atom. The zero-order valence-corrected chi connectivity index (χ0v) is 48.5. The van der Waals surface area contributed by atoms with E-state index in [-0.39, 0.29) is 85.2 Å². The van der Waals surface area contributed by atoms with Gasteiger partial charge in [-0.15, -0.1) is 20.5 Å². The van der Waals surface area contributed by atoms with E-state index < -0.39 is 20.5 Å². The van der Waals surface area contributed by atoms with Gasteiger partial charge in [-0.1, -0.05) is 47.3 Å². The van der Waals surface area contributed by atoms with Crippen molar-refractivity contribution in [2.24, 2.45) is 0 Å². The summed E-state index contributed by atoms with van der Waals surface area (Å²) in [7, 11) is 6.11. The Balaban J connectivity index is -0.000000187. The number of halogens is 2. The predicted molar refractivity (Wildman–Crippen MR) is 238 cm³/mol. The van der Waals surface area contributed by atoms with Crippen LogP contribution in [-0.2, 0) is 77.4 Å². The second-order valence-corrected chi connectivity index (χ2v) is 17.0. The first-order valence-electron chi connectivity index (χ1n) is 20.7. The number of hydrogen-bond donors (Lipinski definition) is 2. The summed E-state index contributed by atoms with van der Waals surface area (Å²) in [5, 5.41) is 63.6. The average molecular weight is 1260 g/mol. The smallest absolute Gasteiger partial charge is 0.870 e. The van der Waals surface area contributed by atoms with Crippen molar-refractivity contribution < 1.29 is 170 Å². The van der Waals surface area contributed by atoms with Gasteiger partial charge in [0.25, 0.3) is 0 Å². The Kier molecular flexibility index (Phi) is 50.0. The van der Waals surface area contributed by atoms with Crippen LogP contribution in [0.2, 0.25) is 0 Å². The number of likely N-dealkylation sites (N-methyl/N-ethyl adjacent to an activating group) is 4. The molecule has 0 saturated heterocycles. The van der Waals surface area contributed by atoms with Gasteiger partial charge in [-0.3, -0.25) is 0 Å². The van der Waals surface area contributed by atoms with Crippen molar-refractivity contribution in [1.82, 2.24) is 19.6 Å². The molecule has 29 heteroatoms. The number of nitrogens with zero attached hydrogens (tertiary/aromatic N) is 4. The van der Waals surface area contributed by atoms with Gasteiger partial charge in [0.2, 0.25) is 0 Å². The fourth-order valence-corrected chi connectivity index (χ4v) is 6.49. The summed E-state index contributed by atoms with van der Waals surface area (Å²) in [6.07, 6.45) is 0. The summed E-state index contributed by atoms with van der Waals surface area (Å²) in [4.78, 5) is 8.39. The fraction of sp³-hybridized carbons (Fsp3) is 0.478. The van der Waals surface area contributed by atoms with E-state index in [2.05, 4.69) is 19.6 Å². The number of ether oxygens (including phenoxy) is 4. The third-order valence-electron chi connectivity index (χ3n) is 9.47. The SMILES string of the molecule is CO.CO.COc1cc(C)cc(CN(C)CCN(C)Cc2cc(C)cc(OC)c2[O-])c1[O-].COc1cc(C)cc(CN(C)CCN(C)Cc2cc(C)cc(OC)c2[O-])c1[O-].O.O.[Cu+2].[Cu+2].[Cu+2].[O-][Cl+3]([O-])([O-])[O-].[O-][Cl+3]([O-])([O-])[O-]. The van der Waals surface area contributed by atoms with Crippen LogP contribution in [0.25, 0.3) is 0 Å². The number of aliphatic hydroxyl groups excluding tert-OH is 2. The minimum Gasteiger partial charge on any atom is -0.870 e. The first kappa shape index (κ1) is 85.7. The quantitative estimate of drug-likeness (QED) is 0.0874. The summed E-state index contributed by atoms with van der Waals surface area (Å²) >= 11 is 0. The van der Waals surface area contributed by atoms with E-state index in [1.165, 1.54) is 28.4 Å². The van der Waals surface area contributed by atoms with Crippen LogP contribution in [0.1, 0.15) is 44.5 Å². The number of aliphatic hydroxyl groups is 2. The molecule has 0 aliphatic heterocycles. The molecule has 0 aromatic heterocycles. The number of benzene rings is 4. The van der Waals surface area contributed by atoms with Gasteiger partial charge >= 0.3 is 51.2 Å². The summed E-state index contributed by atoms with van der Waals surface area (Å²) in [6.45, 7) is 13.1. The van der Waals surface area contributed by atoms with Gasteiger partial charge in [-0.2, -0.15) is 0 Å². The second kappa shape index (κ2) is 43.7. The normalized spacial score (nSPS) is 10.2. The first-order valence-corrected chi connectivity index (χ1v) is 23.2. The summed E-state index contributed by atoms with van der Waals surface area (Å²) < 4.78 is 88.6. The van der Waals surface area contributed by atoms with E-state index in [4.69, 9.17) is 66.4 Å². The fourth-order valence-electron chi connectivity index (χ4n) is 6.49. The maximum absolute atomic E-state index is 12.4. The van der Waals surface area contributed by atoms with Gasteiger partial charge in [0, 0.05) is 66.6 Å². The standard InChI is InChI=1S/2C22H32N2O4.2CH4O.2ClHO4.3Cu.2H2O/c2*1-15-9-17(21(25)19(11-15)27-5)13-23(3)7-8-24(4)14-18-10-16(2)12-20(28-6)22(18)26;2*1-2;2*2-1(3,4)5;;;;;/h2*9-12,25-26H,7-8,13-14H2,1-6H3;2*2H,1H3;2*(H,2,3,4,5);;;;2*1H2/q;;;;;;3*+2;;/p-6. The van der Waals surface area contributed by atoms with Gasteiger partial charge < -0.3 is 80.1 Å². The third kappa shape index (κ3) is 37.3. The van der Waals surface area contributed by atoms with E-state index >= 15 is 0 Å². The van der Waals surface area contributed by atoms with Gasteiger partial charge in [0.1, 0.15) is 23.0 Å². The number of rotatable bonds is 18. The zero-order valence-electron chi connectivity index (χ0n) is 44.2. The van der Waals surface area contributed by atoms with Crippen LogP contribution in [0.4, 0.5) is 0 Å². The Morgan fingerprint density at radius 1 is 0.360 bits per heavy atom. The molecule has 75 heavy (non-hydrogen) atoms. The van der Waals surface area contributed by atoms with Crippen LogP contribution in [0, 0.1) is 48.2 Å². The van der Waals surface area contributed by atoms with Crippen LogP contribution in [0.15, 0.2) is 48.5 Å². The minimum absolute atomic E-state index is 0. The summed E-state index contributed by atoms with van der Waals surface area (Å²) in [6, 6.07) is 14.7. The van der Waals surface area contributed by atoms with Crippen molar-refractivity contribution in [3.63, 3.8) is 0 Å². The Bertz CT molecular complexity index is 1840. The third-order valence-corrected chi connectivity index (χ3v) is 9.47. The van der Waals surface area contributed by atoms with Crippen LogP contribution < -0.4 is 76.6 Å². The van der Waals surface area contributed by atoms with E-state index in [1.54, 1.807) is 24.3 Å². The van der Waals surface area contributed by atoms with E-state index in [1.807, 2.05) is 80.2 Å². The summed E-state index contributed by atoms with van der Waals surface area (Å²) in [5.74, 6) is 1.31. The van der Waals surface area contributed by atoms with E-state index in [0.717, 1.165) is 84.9 Å². The molecule has 6 N–H and O–H groups in total. The summed E-state index contributed by atoms with van der Waals surface area (Å²) in [5.41, 5.74) is 6.95. The van der Waals surface area contributed by atoms with Gasteiger partial charge in [-0.25, -0.2) is 37.3 Å². The maximum Gasteiger partial charge on any atom is 2.00 e. The van der Waals surface area contributed by atoms with Gasteiger partial charge in [0.05, 0.1) is 28.4 Å². The van der Waals surface area contributed by atoms with E-state index in [0.29, 0.717) is 49.2 Å². The van der Waals surface area contributed by atoms with Gasteiger partial charge in [0.15, 0.2) is 0 Å². The molecule has 24 nitrogen and oxygen atoms in total. The number of hydrogen-bond acceptors (Lipinski definition) is 22. The molecule has 0 spiro atoms. The van der Waals surface area contributed by atoms with Crippen molar-refractivity contribution >= 4 is 0 Å². The van der Waals surface area contributed by atoms with Crippen LogP contribution in [-0.4, -0.2) is 138 Å². The molecule has 0 atom stereocenters. The Morgan fingerprint density at radius 2 is 0.493 bits per heavy atom. The van der Waals surface area contributed by atoms with Crippen LogP contribution >= 0.6 is 0 Å². The second-order valence-electron chi connectivity index (χ2n) is 15.5. The molecule has 0 saturated carbocycles. The minimum atomic E-state index is -4.94. The molecule has 443 valence electrons. The molecule has 0 aliphatic rings. The predicted octanol–water partition coefficient (Wildman–Crippen LogP) is -7.89. The molecular formula is C46H72Cl2Cu3N4O20. The van der Waals surface area contributed by atoms with Crippen molar-refractivity contribution in [2.45, 2.75) is 53.9 Å². The van der Waals surface area contributed by atoms with Crippen LogP contribution in [0.5, 0.6) is 46.0 Å². The molecule has 4 aromatic carbocycles. The average Bonchev–Trinajstić information content (AvgIpc) is 3.27. The zero-order chi connectivity index (χ0) is 54.7. The molecule has 3 radical (unpaired) electrons. The number of aryl methyl sites for hydroxylation is 4. The Hall–Kier alpha value is -3.22.